The molecule has 0 atom stereocenters. The Morgan fingerprint density at radius 3 is 2.30 bits per heavy atom. The lowest BCUT2D eigenvalue weighted by Gasteiger charge is -2.21. The Morgan fingerprint density at radius 1 is 1.07 bits per heavy atom. The first kappa shape index (κ1) is 21.6. The van der Waals surface area contributed by atoms with Crippen LogP contribution in [0.15, 0.2) is 59.7 Å². The van der Waals surface area contributed by atoms with Crippen molar-refractivity contribution in [2.24, 2.45) is 10.5 Å². The molecule has 0 aliphatic carbocycles. The number of carboxylic acids is 1. The van der Waals surface area contributed by atoms with Gasteiger partial charge in [-0.05, 0) is 76.8 Å². The van der Waals surface area contributed by atoms with Gasteiger partial charge in [-0.3, -0.25) is 4.79 Å². The molecule has 0 saturated carbocycles. The fraction of sp³-hybridized carbons (Fsp3) is 0.375. The van der Waals surface area contributed by atoms with Crippen LogP contribution in [-0.4, -0.2) is 28.3 Å². The fourth-order valence-electron chi connectivity index (χ4n) is 3.31. The highest BCUT2D eigenvalue weighted by Crippen LogP contribution is 2.34. The normalized spacial score (nSPS) is 15.8. The molecule has 30 heavy (non-hydrogen) atoms. The second kappa shape index (κ2) is 8.30. The molecule has 6 nitrogen and oxygen atoms in total. The summed E-state index contributed by atoms with van der Waals surface area (Å²) in [5.74, 6) is -0.492. The van der Waals surface area contributed by atoms with E-state index in [9.17, 15) is 9.59 Å². The summed E-state index contributed by atoms with van der Waals surface area (Å²) in [6, 6.07) is 16.9. The molecular formula is C24H28N2O4. The van der Waals surface area contributed by atoms with Gasteiger partial charge in [-0.1, -0.05) is 30.3 Å². The summed E-state index contributed by atoms with van der Waals surface area (Å²) >= 11 is 0. The van der Waals surface area contributed by atoms with Gasteiger partial charge in [0.1, 0.15) is 5.75 Å². The number of carbonyl (C=O) groups excluding carboxylic acids is 1. The average molecular weight is 408 g/mol. The molecular weight excluding hydrogens is 380 g/mol. The summed E-state index contributed by atoms with van der Waals surface area (Å²) in [7, 11) is 0. The summed E-state index contributed by atoms with van der Waals surface area (Å²) in [6.07, 6.45) is 2.42. The number of nitrogens with zero attached hydrogens (tertiary/aromatic N) is 2. The molecule has 0 saturated heterocycles. The van der Waals surface area contributed by atoms with Gasteiger partial charge in [-0.25, -0.2) is 9.80 Å². The molecule has 0 spiro atoms. The van der Waals surface area contributed by atoms with Gasteiger partial charge in [0, 0.05) is 0 Å². The Morgan fingerprint density at radius 2 is 1.70 bits per heavy atom. The van der Waals surface area contributed by atoms with Crippen molar-refractivity contribution in [1.29, 1.82) is 0 Å². The number of aryl methyl sites for hydroxylation is 1. The molecule has 6 heteroatoms. The lowest BCUT2D eigenvalue weighted by atomic mass is 9.84. The molecule has 0 bridgehead atoms. The summed E-state index contributed by atoms with van der Waals surface area (Å²) < 4.78 is 5.54. The van der Waals surface area contributed by atoms with Gasteiger partial charge in [0.15, 0.2) is 5.60 Å². The van der Waals surface area contributed by atoms with Crippen LogP contribution in [-0.2, 0) is 16.0 Å². The number of aliphatic carboxylic acids is 1. The second-order valence-electron chi connectivity index (χ2n) is 8.54. The second-order valence-corrected chi connectivity index (χ2v) is 8.54. The number of rotatable bonds is 8. The van der Waals surface area contributed by atoms with Crippen molar-refractivity contribution in [1.82, 2.24) is 0 Å². The molecule has 0 radical (unpaired) electrons. The molecule has 1 N–H and O–H groups in total. The van der Waals surface area contributed by atoms with E-state index < -0.39 is 17.0 Å². The zero-order valence-corrected chi connectivity index (χ0v) is 17.9. The number of carboxylic acid groups (broad SMARTS) is 1. The van der Waals surface area contributed by atoms with Crippen molar-refractivity contribution in [3.8, 4) is 5.75 Å². The van der Waals surface area contributed by atoms with Gasteiger partial charge in [0.05, 0.1) is 16.8 Å². The maximum atomic E-state index is 12.8. The predicted molar refractivity (Wildman–Crippen MR) is 117 cm³/mol. The van der Waals surface area contributed by atoms with Crippen LogP contribution in [0.3, 0.4) is 0 Å². The molecule has 3 rings (SSSR count). The van der Waals surface area contributed by atoms with Gasteiger partial charge < -0.3 is 9.84 Å². The highest BCUT2D eigenvalue weighted by molar-refractivity contribution is 6.18. The van der Waals surface area contributed by atoms with Crippen LogP contribution in [0.5, 0.6) is 5.75 Å². The van der Waals surface area contributed by atoms with Crippen molar-refractivity contribution >= 4 is 23.3 Å². The number of hydrogen-bond acceptors (Lipinski definition) is 4. The topological polar surface area (TPSA) is 79.2 Å². The smallest absolute Gasteiger partial charge is 0.347 e. The maximum Gasteiger partial charge on any atom is 0.347 e. The number of hydrazone groups is 1. The summed E-state index contributed by atoms with van der Waals surface area (Å²) in [5.41, 5.74) is 0.906. The zero-order chi connectivity index (χ0) is 21.9. The highest BCUT2D eigenvalue weighted by atomic mass is 16.5. The van der Waals surface area contributed by atoms with Crippen molar-refractivity contribution in [2.75, 3.05) is 5.01 Å². The van der Waals surface area contributed by atoms with Crippen LogP contribution in [0, 0.1) is 5.41 Å². The number of ether oxygens (including phenoxy) is 1. The van der Waals surface area contributed by atoms with Crippen molar-refractivity contribution in [3.05, 3.63) is 60.2 Å². The zero-order valence-electron chi connectivity index (χ0n) is 17.9. The van der Waals surface area contributed by atoms with Crippen LogP contribution in [0.1, 0.15) is 46.1 Å². The van der Waals surface area contributed by atoms with E-state index in [2.05, 4.69) is 5.10 Å². The third-order valence-corrected chi connectivity index (χ3v) is 5.36. The minimum absolute atomic E-state index is 0.00810. The van der Waals surface area contributed by atoms with Gasteiger partial charge in [-0.15, -0.1) is 0 Å². The molecule has 2 aromatic rings. The van der Waals surface area contributed by atoms with E-state index in [-0.39, 0.29) is 5.91 Å². The predicted octanol–water partition coefficient (Wildman–Crippen LogP) is 4.68. The van der Waals surface area contributed by atoms with Crippen LogP contribution < -0.4 is 9.75 Å². The molecule has 1 amide bonds. The number of amides is 1. The van der Waals surface area contributed by atoms with Gasteiger partial charge in [0.25, 0.3) is 5.91 Å². The molecule has 1 aliphatic rings. The third-order valence-electron chi connectivity index (χ3n) is 5.36. The minimum atomic E-state index is -1.27. The first-order valence-electron chi connectivity index (χ1n) is 10.1. The number of anilines is 1. The Labute approximate surface area is 177 Å². The fourth-order valence-corrected chi connectivity index (χ4v) is 3.31. The van der Waals surface area contributed by atoms with Crippen molar-refractivity contribution in [2.45, 2.75) is 52.6 Å². The SMILES string of the molecule is CC(C)(Oc1ccc(CCCC2=NN(c3ccccc3)C(=O)C2(C)C)cc1)C(=O)O. The standard InChI is InChI=1S/C24H28N2O4/c1-23(2)20(25-26(21(23)27)18-10-6-5-7-11-18)12-8-9-17-13-15-19(16-14-17)30-24(3,4)22(28)29/h5-7,10-11,13-16H,8-9,12H2,1-4H3,(H,28,29). The molecule has 1 heterocycles. The van der Waals surface area contributed by atoms with Crippen LogP contribution in [0.4, 0.5) is 5.69 Å². The van der Waals surface area contributed by atoms with E-state index in [1.54, 1.807) is 12.1 Å². The van der Waals surface area contributed by atoms with E-state index in [0.29, 0.717) is 5.75 Å². The number of para-hydroxylation sites is 1. The molecule has 0 unspecified atom stereocenters. The number of carbonyl (C=O) groups is 2. The van der Waals surface area contributed by atoms with Gasteiger partial charge in [0.2, 0.25) is 0 Å². The van der Waals surface area contributed by atoms with E-state index >= 15 is 0 Å². The molecule has 0 aromatic heterocycles. The van der Waals surface area contributed by atoms with E-state index in [1.165, 1.54) is 18.9 Å². The summed E-state index contributed by atoms with van der Waals surface area (Å²) in [4.78, 5) is 24.0. The number of hydrogen-bond donors (Lipinski definition) is 1. The molecule has 158 valence electrons. The van der Waals surface area contributed by atoms with Gasteiger partial charge >= 0.3 is 5.97 Å². The minimum Gasteiger partial charge on any atom is -0.478 e. The van der Waals surface area contributed by atoms with Crippen LogP contribution in [0.25, 0.3) is 0 Å². The first-order chi connectivity index (χ1) is 14.1. The summed E-state index contributed by atoms with van der Waals surface area (Å²) in [6.45, 7) is 6.89. The third kappa shape index (κ3) is 4.53. The van der Waals surface area contributed by atoms with Crippen LogP contribution >= 0.6 is 0 Å². The Bertz CT molecular complexity index is 947. The van der Waals surface area contributed by atoms with Gasteiger partial charge in [-0.2, -0.15) is 5.10 Å². The van der Waals surface area contributed by atoms with Crippen molar-refractivity contribution in [3.63, 3.8) is 0 Å². The largest absolute Gasteiger partial charge is 0.478 e. The van der Waals surface area contributed by atoms with E-state index in [4.69, 9.17) is 9.84 Å². The lowest BCUT2D eigenvalue weighted by Crippen LogP contribution is -2.37. The Kier molecular flexibility index (Phi) is 5.97. The Balaban J connectivity index is 1.60. The van der Waals surface area contributed by atoms with E-state index in [0.717, 1.165) is 36.2 Å². The molecule has 1 aliphatic heterocycles. The number of benzene rings is 2. The maximum absolute atomic E-state index is 12.8. The van der Waals surface area contributed by atoms with E-state index in [1.807, 2.05) is 56.3 Å². The average Bonchev–Trinajstić information content (AvgIpc) is 2.93. The monoisotopic (exact) mass is 408 g/mol. The summed E-state index contributed by atoms with van der Waals surface area (Å²) in [5, 5.41) is 15.3. The quantitative estimate of drug-likeness (QED) is 0.688. The highest BCUT2D eigenvalue weighted by Gasteiger charge is 2.43. The first-order valence-corrected chi connectivity index (χ1v) is 10.1. The molecule has 0 fully saturated rings. The lowest BCUT2D eigenvalue weighted by molar-refractivity contribution is -0.152. The van der Waals surface area contributed by atoms with Crippen molar-refractivity contribution < 1.29 is 19.4 Å². The Hall–Kier alpha value is -3.15. The van der Waals surface area contributed by atoms with Crippen LogP contribution in [0.2, 0.25) is 0 Å². The molecule has 2 aromatic carbocycles.